The summed E-state index contributed by atoms with van der Waals surface area (Å²) >= 11 is 3.52. The van der Waals surface area contributed by atoms with Gasteiger partial charge in [-0.05, 0) is 102 Å². The Morgan fingerprint density at radius 2 is 1.75 bits per heavy atom. The predicted octanol–water partition coefficient (Wildman–Crippen LogP) is 6.15. The molecule has 2 amide bonds. The highest BCUT2D eigenvalue weighted by Crippen LogP contribution is 2.40. The number of nitrogens with zero attached hydrogens (tertiary/aromatic N) is 4. The molecule has 9 nitrogen and oxygen atoms in total. The highest BCUT2D eigenvalue weighted by atomic mass is 79.9. The molecule has 0 spiro atoms. The normalized spacial score (nSPS) is 20.2. The number of piperidine rings is 1. The molecule has 3 aliphatic heterocycles. The smallest absolute Gasteiger partial charge is 0.257 e. The minimum absolute atomic E-state index is 0.0457. The Bertz CT molecular complexity index is 1940. The number of methoxy groups -OCH3 is 1. The van der Waals surface area contributed by atoms with Gasteiger partial charge in [0.15, 0.2) is 0 Å². The molecule has 4 aromatic rings. The van der Waals surface area contributed by atoms with Crippen molar-refractivity contribution in [2.24, 2.45) is 5.92 Å². The molecule has 3 unspecified atom stereocenters. The van der Waals surface area contributed by atoms with Crippen molar-refractivity contribution >= 4 is 44.8 Å². The van der Waals surface area contributed by atoms with Crippen LogP contribution in [0, 0.1) is 12.8 Å². The minimum atomic E-state index is -0.305. The maximum absolute atomic E-state index is 14.0. The summed E-state index contributed by atoms with van der Waals surface area (Å²) in [5, 5.41) is 3.15. The number of nitrogens with one attached hydrogen (secondary N) is 1. The Hall–Kier alpha value is -4.57. The summed E-state index contributed by atoms with van der Waals surface area (Å²) in [5.74, 6) is 0.694. The zero-order chi connectivity index (χ0) is 33.5. The van der Waals surface area contributed by atoms with E-state index in [0.29, 0.717) is 59.1 Å². The van der Waals surface area contributed by atoms with Crippen LogP contribution in [-0.2, 0) is 6.54 Å². The van der Waals surface area contributed by atoms with Crippen LogP contribution < -0.4 is 25.4 Å². The van der Waals surface area contributed by atoms with Crippen molar-refractivity contribution < 1.29 is 14.3 Å². The number of rotatable bonds is 6. The molecule has 2 saturated heterocycles. The first-order chi connectivity index (χ1) is 23.2. The van der Waals surface area contributed by atoms with E-state index in [1.807, 2.05) is 33.7 Å². The molecule has 7 rings (SSSR count). The summed E-state index contributed by atoms with van der Waals surface area (Å²) in [5.41, 5.74) is 5.89. The first-order valence-corrected chi connectivity index (χ1v) is 17.3. The third-order valence-electron chi connectivity index (χ3n) is 9.98. The van der Waals surface area contributed by atoms with Crippen LogP contribution in [0.5, 0.6) is 5.75 Å². The van der Waals surface area contributed by atoms with E-state index in [1.54, 1.807) is 31.4 Å². The molecule has 4 heterocycles. The quantitative estimate of drug-likeness (QED) is 0.258. The maximum Gasteiger partial charge on any atom is 0.257 e. The van der Waals surface area contributed by atoms with Gasteiger partial charge in [0.2, 0.25) is 0 Å². The Morgan fingerprint density at radius 3 is 2.54 bits per heavy atom. The predicted molar refractivity (Wildman–Crippen MR) is 193 cm³/mol. The van der Waals surface area contributed by atoms with Crippen LogP contribution in [0.25, 0.3) is 0 Å². The van der Waals surface area contributed by atoms with Crippen LogP contribution in [-0.4, -0.2) is 67.2 Å². The van der Waals surface area contributed by atoms with Crippen LogP contribution in [0.15, 0.2) is 88.1 Å². The van der Waals surface area contributed by atoms with Gasteiger partial charge in [0.05, 0.1) is 24.0 Å². The fraction of sp³-hybridized carbons (Fsp3) is 0.342. The number of pyridine rings is 1. The van der Waals surface area contributed by atoms with Crippen molar-refractivity contribution in [1.29, 1.82) is 0 Å². The van der Waals surface area contributed by atoms with Crippen LogP contribution in [0.4, 0.5) is 17.1 Å². The van der Waals surface area contributed by atoms with Crippen molar-refractivity contribution in [3.8, 4) is 5.75 Å². The molecule has 0 saturated carbocycles. The Morgan fingerprint density at radius 1 is 0.917 bits per heavy atom. The topological polar surface area (TPSA) is 87.1 Å². The number of fused-ring (bicyclic) bond motifs is 4. The first kappa shape index (κ1) is 32.0. The highest BCUT2D eigenvalue weighted by molar-refractivity contribution is 9.10. The van der Waals surface area contributed by atoms with Crippen molar-refractivity contribution in [1.82, 2.24) is 9.47 Å². The lowest BCUT2D eigenvalue weighted by Gasteiger charge is -2.44. The number of hydrogen-bond acceptors (Lipinski definition) is 6. The number of piperazine rings is 1. The molecule has 2 fully saturated rings. The van der Waals surface area contributed by atoms with Gasteiger partial charge in [-0.1, -0.05) is 18.2 Å². The lowest BCUT2D eigenvalue weighted by atomic mass is 9.83. The molecule has 48 heavy (non-hydrogen) atoms. The molecular weight excluding hydrogens is 670 g/mol. The number of carbonyl (C=O) groups is 2. The van der Waals surface area contributed by atoms with Crippen LogP contribution in [0.3, 0.4) is 0 Å². The number of benzene rings is 3. The Labute approximate surface area is 289 Å². The summed E-state index contributed by atoms with van der Waals surface area (Å²) in [4.78, 5) is 47.0. The van der Waals surface area contributed by atoms with Crippen LogP contribution in [0.1, 0.15) is 51.2 Å². The Balaban J connectivity index is 1.18. The van der Waals surface area contributed by atoms with Gasteiger partial charge in [-0.2, -0.15) is 0 Å². The number of hydrogen-bond donors (Lipinski definition) is 1. The zero-order valence-electron chi connectivity index (χ0n) is 27.5. The van der Waals surface area contributed by atoms with E-state index in [-0.39, 0.29) is 29.3 Å². The standard InChI is InChI=1S/C38H40BrN5O4/c1-24-6-4-7-29(16-24)43-15-14-41(20-25(43)2)38(47)27-10-13-35(33(18-27)40-37(46)31-19-30(48-3)11-12-32(31)39)42-21-26-17-28(23-42)34-8-5-9-36(45)44(34)22-26/h4-13,16,18-19,25-26,28H,14-15,17,20-23H2,1-3H3,(H,40,46). The van der Waals surface area contributed by atoms with E-state index < -0.39 is 0 Å². The van der Waals surface area contributed by atoms with Gasteiger partial charge in [0.1, 0.15) is 5.75 Å². The highest BCUT2D eigenvalue weighted by Gasteiger charge is 2.36. The van der Waals surface area contributed by atoms with E-state index in [2.05, 4.69) is 75.2 Å². The fourth-order valence-electron chi connectivity index (χ4n) is 7.65. The molecule has 10 heteroatoms. The fourth-order valence-corrected chi connectivity index (χ4v) is 8.07. The molecule has 0 radical (unpaired) electrons. The number of ether oxygens (including phenoxy) is 1. The minimum Gasteiger partial charge on any atom is -0.497 e. The molecule has 3 atom stereocenters. The van der Waals surface area contributed by atoms with Gasteiger partial charge in [0.25, 0.3) is 17.4 Å². The number of aryl methyl sites for hydroxylation is 1. The van der Waals surface area contributed by atoms with Crippen molar-refractivity contribution in [2.75, 3.05) is 55.0 Å². The first-order valence-electron chi connectivity index (χ1n) is 16.5. The molecule has 0 aliphatic carbocycles. The van der Waals surface area contributed by atoms with Crippen molar-refractivity contribution in [2.45, 2.75) is 38.8 Å². The summed E-state index contributed by atoms with van der Waals surface area (Å²) < 4.78 is 7.95. The number of halogens is 1. The van der Waals surface area contributed by atoms with E-state index in [9.17, 15) is 14.4 Å². The average Bonchev–Trinajstić information content (AvgIpc) is 3.08. The Kier molecular flexibility index (Phi) is 8.76. The third kappa shape index (κ3) is 6.21. The summed E-state index contributed by atoms with van der Waals surface area (Å²) in [6.45, 7) is 8.31. The van der Waals surface area contributed by atoms with E-state index in [4.69, 9.17) is 4.74 Å². The largest absolute Gasteiger partial charge is 0.497 e. The van der Waals surface area contributed by atoms with Crippen molar-refractivity contribution in [3.63, 3.8) is 0 Å². The number of amides is 2. The summed E-state index contributed by atoms with van der Waals surface area (Å²) in [7, 11) is 1.57. The molecular formula is C38H40BrN5O4. The van der Waals surface area contributed by atoms with E-state index >= 15 is 0 Å². The number of aromatic nitrogens is 1. The second-order valence-electron chi connectivity index (χ2n) is 13.3. The summed E-state index contributed by atoms with van der Waals surface area (Å²) in [6, 6.07) is 25.1. The number of anilines is 3. The molecule has 3 aliphatic rings. The molecule has 1 aromatic heterocycles. The lowest BCUT2D eigenvalue weighted by molar-refractivity contribution is 0.0726. The monoisotopic (exact) mass is 709 g/mol. The lowest BCUT2D eigenvalue weighted by Crippen LogP contribution is -2.53. The zero-order valence-corrected chi connectivity index (χ0v) is 29.1. The molecule has 2 bridgehead atoms. The second kappa shape index (κ2) is 13.1. The SMILES string of the molecule is COc1ccc(Br)c(C(=O)Nc2cc(C(=O)N3CCN(c4cccc(C)c4)C(C)C3)ccc2N2CC3CC(C2)c2cccc(=O)n2C3)c1. The summed E-state index contributed by atoms with van der Waals surface area (Å²) in [6.07, 6.45) is 1.02. The number of carbonyl (C=O) groups excluding carboxylic acids is 2. The van der Waals surface area contributed by atoms with Crippen molar-refractivity contribution in [3.05, 3.63) is 116 Å². The van der Waals surface area contributed by atoms with Gasteiger partial charge in [-0.3, -0.25) is 14.4 Å². The average molecular weight is 711 g/mol. The van der Waals surface area contributed by atoms with E-state index in [0.717, 1.165) is 30.9 Å². The van der Waals surface area contributed by atoms with E-state index in [1.165, 1.54) is 11.3 Å². The van der Waals surface area contributed by atoms with Gasteiger partial charge in [-0.15, -0.1) is 0 Å². The maximum atomic E-state index is 14.0. The van der Waals surface area contributed by atoms with Crippen LogP contribution in [0.2, 0.25) is 0 Å². The third-order valence-corrected chi connectivity index (χ3v) is 10.7. The van der Waals surface area contributed by atoms with Gasteiger partial charge >= 0.3 is 0 Å². The van der Waals surface area contributed by atoms with Gasteiger partial charge < -0.3 is 29.3 Å². The second-order valence-corrected chi connectivity index (χ2v) is 14.1. The van der Waals surface area contributed by atoms with Crippen LogP contribution >= 0.6 is 15.9 Å². The molecule has 248 valence electrons. The van der Waals surface area contributed by atoms with Gasteiger partial charge in [0, 0.05) is 78.7 Å². The van der Waals surface area contributed by atoms with Gasteiger partial charge in [-0.25, -0.2) is 0 Å². The molecule has 3 aromatic carbocycles. The molecule has 1 N–H and O–H groups in total.